The average Bonchev–Trinajstić information content (AvgIpc) is 3.35. The molecule has 0 N–H and O–H groups in total. The third kappa shape index (κ3) is 8.37. The number of nitriles is 1. The van der Waals surface area contributed by atoms with Crippen LogP contribution in [0.5, 0.6) is 0 Å². The average molecular weight is 612 g/mol. The lowest BCUT2D eigenvalue weighted by Crippen LogP contribution is -2.33. The van der Waals surface area contributed by atoms with Crippen LogP contribution in [0.2, 0.25) is 0 Å². The Morgan fingerprint density at radius 3 is 2.50 bits per heavy atom. The molecule has 2 aromatic carbocycles. The van der Waals surface area contributed by atoms with E-state index in [1.165, 1.54) is 11.3 Å². The molecule has 0 aliphatic heterocycles. The Labute approximate surface area is 263 Å². The number of carbonyl (C=O) groups is 2. The number of anilines is 1. The maximum atomic E-state index is 12.6. The highest BCUT2D eigenvalue weighted by molar-refractivity contribution is 7.17. The van der Waals surface area contributed by atoms with Crippen molar-refractivity contribution in [1.82, 2.24) is 0 Å². The lowest BCUT2D eigenvalue weighted by Gasteiger charge is -2.28. The lowest BCUT2D eigenvalue weighted by molar-refractivity contribution is -0.155. The van der Waals surface area contributed by atoms with Gasteiger partial charge in [0.1, 0.15) is 23.5 Å². The second kappa shape index (κ2) is 15.9. The molecule has 4 rings (SSSR count). The fourth-order valence-electron chi connectivity index (χ4n) is 5.43. The molecule has 1 aliphatic rings. The van der Waals surface area contributed by atoms with Crippen LogP contribution in [0, 0.1) is 43.6 Å². The van der Waals surface area contributed by atoms with Crippen molar-refractivity contribution >= 4 is 45.2 Å². The number of rotatable bonds is 13. The summed E-state index contributed by atoms with van der Waals surface area (Å²) in [5, 5.41) is 18.4. The molecule has 0 saturated heterocycles. The Balaban J connectivity index is 1.37. The number of hydrogen-bond acceptors (Lipinski definition) is 9. The molecule has 44 heavy (non-hydrogen) atoms. The Hall–Kier alpha value is -4.38. The van der Waals surface area contributed by atoms with Crippen molar-refractivity contribution in [2.75, 3.05) is 31.3 Å². The molecule has 1 fully saturated rings. The molecule has 1 saturated carbocycles. The maximum absolute atomic E-state index is 12.6. The summed E-state index contributed by atoms with van der Waals surface area (Å²) in [6.07, 6.45) is 3.38. The number of esters is 1. The van der Waals surface area contributed by atoms with Crippen molar-refractivity contribution < 1.29 is 19.1 Å². The molecule has 228 valence electrons. The Kier molecular flexibility index (Phi) is 11.8. The van der Waals surface area contributed by atoms with Gasteiger partial charge in [-0.1, -0.05) is 43.2 Å². The Morgan fingerprint density at radius 1 is 1.07 bits per heavy atom. The SMILES string of the molecule is [C-]#[N+]c1c(N=Nc2ccc(N(CCOCCOC(=O)C3CCCCC3C(C)=O)Cc3ccccc3)cc2C)sc(C#N)c1C. The van der Waals surface area contributed by atoms with E-state index in [-0.39, 0.29) is 36.8 Å². The van der Waals surface area contributed by atoms with Crippen LogP contribution in [-0.4, -0.2) is 38.1 Å². The predicted octanol–water partition coefficient (Wildman–Crippen LogP) is 8.16. The fraction of sp³-hybridized carbons (Fsp3) is 0.412. The maximum Gasteiger partial charge on any atom is 0.309 e. The van der Waals surface area contributed by atoms with Crippen molar-refractivity contribution in [3.05, 3.63) is 81.5 Å². The first kappa shape index (κ1) is 32.5. The van der Waals surface area contributed by atoms with Crippen molar-refractivity contribution in [2.45, 2.75) is 53.0 Å². The number of Topliss-reactive ketones (excluding diaryl/α,β-unsaturated/α-hetero) is 1. The van der Waals surface area contributed by atoms with Crippen LogP contribution in [0.25, 0.3) is 4.85 Å². The van der Waals surface area contributed by atoms with E-state index in [1.807, 2.05) is 43.3 Å². The molecule has 1 aromatic heterocycles. The van der Waals surface area contributed by atoms with E-state index in [2.05, 4.69) is 38.2 Å². The second-order valence-corrected chi connectivity index (χ2v) is 11.9. The predicted molar refractivity (Wildman–Crippen MR) is 171 cm³/mol. The zero-order valence-electron chi connectivity index (χ0n) is 25.4. The monoisotopic (exact) mass is 611 g/mol. The first-order valence-electron chi connectivity index (χ1n) is 14.8. The summed E-state index contributed by atoms with van der Waals surface area (Å²) in [5.41, 5.74) is 4.75. The van der Waals surface area contributed by atoms with Gasteiger partial charge in [-0.15, -0.1) is 11.3 Å². The van der Waals surface area contributed by atoms with Gasteiger partial charge in [-0.3, -0.25) is 9.59 Å². The van der Waals surface area contributed by atoms with Crippen LogP contribution in [0.1, 0.15) is 54.2 Å². The van der Waals surface area contributed by atoms with Crippen molar-refractivity contribution in [3.8, 4) is 6.07 Å². The number of aryl methyl sites for hydroxylation is 1. The van der Waals surface area contributed by atoms with E-state index in [1.54, 1.807) is 13.8 Å². The zero-order valence-corrected chi connectivity index (χ0v) is 26.2. The van der Waals surface area contributed by atoms with Crippen LogP contribution in [0.15, 0.2) is 58.8 Å². The van der Waals surface area contributed by atoms with Crippen LogP contribution >= 0.6 is 11.3 Å². The van der Waals surface area contributed by atoms with Gasteiger partial charge in [0.2, 0.25) is 5.69 Å². The molecule has 1 aliphatic carbocycles. The van der Waals surface area contributed by atoms with E-state index >= 15 is 0 Å². The number of nitrogens with zero attached hydrogens (tertiary/aromatic N) is 5. The Morgan fingerprint density at radius 2 is 1.82 bits per heavy atom. The van der Waals surface area contributed by atoms with Gasteiger partial charge in [0.05, 0.1) is 36.3 Å². The largest absolute Gasteiger partial charge is 0.463 e. The summed E-state index contributed by atoms with van der Waals surface area (Å²) in [7, 11) is 0. The highest BCUT2D eigenvalue weighted by Crippen LogP contribution is 2.42. The normalized spacial score (nSPS) is 16.3. The molecule has 0 radical (unpaired) electrons. The number of ketones is 1. The summed E-state index contributed by atoms with van der Waals surface area (Å²) in [6, 6.07) is 18.2. The van der Waals surface area contributed by atoms with Crippen molar-refractivity contribution in [2.24, 2.45) is 22.1 Å². The first-order chi connectivity index (χ1) is 21.3. The molecule has 2 atom stereocenters. The third-order valence-electron chi connectivity index (χ3n) is 7.89. The summed E-state index contributed by atoms with van der Waals surface area (Å²) in [6.45, 7) is 14.9. The molecule has 0 spiro atoms. The van der Waals surface area contributed by atoms with E-state index in [9.17, 15) is 14.9 Å². The molecule has 1 heterocycles. The third-order valence-corrected chi connectivity index (χ3v) is 8.96. The molecule has 9 nitrogen and oxygen atoms in total. The molecule has 0 amide bonds. The summed E-state index contributed by atoms with van der Waals surface area (Å²) < 4.78 is 11.3. The molecular weight excluding hydrogens is 574 g/mol. The number of azo groups is 1. The number of benzene rings is 2. The smallest absolute Gasteiger partial charge is 0.309 e. The number of ether oxygens (including phenoxy) is 2. The number of thiophene rings is 1. The van der Waals surface area contributed by atoms with Crippen molar-refractivity contribution in [1.29, 1.82) is 5.26 Å². The summed E-state index contributed by atoms with van der Waals surface area (Å²) >= 11 is 1.17. The van der Waals surface area contributed by atoms with Gasteiger partial charge in [0.25, 0.3) is 0 Å². The number of hydrogen-bond donors (Lipinski definition) is 0. The van der Waals surface area contributed by atoms with Gasteiger partial charge in [-0.05, 0) is 68.5 Å². The van der Waals surface area contributed by atoms with Gasteiger partial charge in [-0.2, -0.15) is 15.5 Å². The minimum Gasteiger partial charge on any atom is -0.463 e. The minimum absolute atomic E-state index is 0.0637. The van der Waals surface area contributed by atoms with Gasteiger partial charge >= 0.3 is 5.97 Å². The van der Waals surface area contributed by atoms with Crippen molar-refractivity contribution in [3.63, 3.8) is 0 Å². The molecule has 10 heteroatoms. The standard InChI is InChI=1S/C34H37N5O4S/c1-23-20-27(14-15-30(23)37-38-33-32(36-4)24(2)31(21-35)44-33)39(22-26-10-6-5-7-11-26)16-17-42-18-19-43-34(41)29-13-9-8-12-28(29)25(3)40/h5-7,10-11,14-15,20,28-29H,8-9,12-13,16-19,22H2,1-3H3. The van der Waals surface area contributed by atoms with E-state index < -0.39 is 0 Å². The molecule has 2 unspecified atom stereocenters. The minimum atomic E-state index is -0.340. The fourth-order valence-corrected chi connectivity index (χ4v) is 6.30. The Bertz CT molecular complexity index is 1570. The number of carbonyl (C=O) groups excluding carboxylic acids is 2. The van der Waals surface area contributed by atoms with Crippen LogP contribution < -0.4 is 4.90 Å². The quantitative estimate of drug-likeness (QED) is 0.0835. The highest BCUT2D eigenvalue weighted by atomic mass is 32.1. The van der Waals surface area contributed by atoms with Crippen LogP contribution in [0.4, 0.5) is 22.1 Å². The van der Waals surface area contributed by atoms with E-state index in [0.29, 0.717) is 52.9 Å². The van der Waals surface area contributed by atoms with Gasteiger partial charge in [0, 0.05) is 24.7 Å². The van der Waals surface area contributed by atoms with Gasteiger partial charge in [0.15, 0.2) is 0 Å². The second-order valence-electron chi connectivity index (χ2n) is 10.9. The summed E-state index contributed by atoms with van der Waals surface area (Å²) in [5.74, 6) is -0.800. The van der Waals surface area contributed by atoms with Gasteiger partial charge < -0.3 is 14.4 Å². The lowest BCUT2D eigenvalue weighted by atomic mass is 9.77. The highest BCUT2D eigenvalue weighted by Gasteiger charge is 2.34. The van der Waals surface area contributed by atoms with Crippen LogP contribution in [0.3, 0.4) is 0 Å². The van der Waals surface area contributed by atoms with E-state index in [0.717, 1.165) is 36.1 Å². The van der Waals surface area contributed by atoms with Gasteiger partial charge in [-0.25, -0.2) is 4.85 Å². The zero-order chi connectivity index (χ0) is 31.5. The molecular formula is C34H37N5O4S. The van der Waals surface area contributed by atoms with E-state index in [4.69, 9.17) is 16.0 Å². The summed E-state index contributed by atoms with van der Waals surface area (Å²) in [4.78, 5) is 30.8. The molecule has 0 bridgehead atoms. The van der Waals surface area contributed by atoms with Crippen LogP contribution in [-0.2, 0) is 25.6 Å². The molecule has 3 aromatic rings. The first-order valence-corrected chi connectivity index (χ1v) is 15.6. The topological polar surface area (TPSA) is 109 Å².